The molecule has 0 saturated heterocycles. The highest BCUT2D eigenvalue weighted by molar-refractivity contribution is 7.47. The van der Waals surface area contributed by atoms with Crippen molar-refractivity contribution < 1.29 is 115 Å². The smallest absolute Gasteiger partial charge is 0.481 e. The number of aliphatic carboxylic acids is 1. The lowest BCUT2D eigenvalue weighted by Gasteiger charge is -2.27. The van der Waals surface area contributed by atoms with Crippen LogP contribution in [0.3, 0.4) is 0 Å². The molecule has 0 fully saturated rings. The van der Waals surface area contributed by atoms with Gasteiger partial charge in [0.25, 0.3) is 5.91 Å². The third kappa shape index (κ3) is 32.8. The number of hydrogen-bond acceptors (Lipinski definition) is 19. The molecule has 3 aromatic carbocycles. The molecule has 0 radical (unpaired) electrons. The number of aliphatic hydroxyl groups is 2. The molecule has 3 rings (SSSR count). The van der Waals surface area contributed by atoms with Gasteiger partial charge in [-0.15, -0.1) is 0 Å². The molecule has 12 amide bonds. The van der Waals surface area contributed by atoms with Crippen molar-refractivity contribution in [1.29, 1.82) is 0 Å². The van der Waals surface area contributed by atoms with Crippen LogP contribution in [0.2, 0.25) is 0 Å². The van der Waals surface area contributed by atoms with Crippen molar-refractivity contribution in [3.05, 3.63) is 95.1 Å². The summed E-state index contributed by atoms with van der Waals surface area (Å²) in [4.78, 5) is 206. The molecule has 0 unspecified atom stereocenters. The number of hydrogen-bond donors (Lipinski definition) is 19. The first-order valence-corrected chi connectivity index (χ1v) is 33.6. The molecule has 38 heteroatoms. The maximum absolute atomic E-state index is 14.0. The maximum atomic E-state index is 14.0. The van der Waals surface area contributed by atoms with Crippen molar-refractivity contribution in [3.63, 3.8) is 0 Å². The summed E-state index contributed by atoms with van der Waals surface area (Å²) in [5.74, 6) is -7.49. The van der Waals surface area contributed by atoms with Gasteiger partial charge < -0.3 is 88.6 Å². The molecule has 3 aromatic rings. The van der Waals surface area contributed by atoms with Crippen LogP contribution in [-0.4, -0.2) is 192 Å². The van der Waals surface area contributed by atoms with Gasteiger partial charge in [0.15, 0.2) is 0 Å². The highest BCUT2D eigenvalue weighted by atomic mass is 31.2. The first-order valence-electron chi connectivity index (χ1n) is 30.5. The Kier molecular flexibility index (Phi) is 33.8. The SMILES string of the molecule is CC(=O)N[C@@H](Cc1ccc(OP(=O)(O)O)cc1)C(=O)N[C@H](C(=O)NCC(=O)N[C@@H](CC(C)C)C(=O)NCC(=O)NCC#Cc1ccc(C(=O)NCC(=O)N[C@@H](Cc2ccc(OP(=O)(O)O)cc2)C(=O)N[C@@H](CCC(=O)O)C(=O)N[C@H](C(=O)N[C@@H](CC(C)C)C(N)=O)[C@@H](C)O)cc1)[C@@H](C)O. The predicted octanol–water partition coefficient (Wildman–Crippen LogP) is -3.84. The molecule has 0 spiro atoms. The number of aliphatic hydroxyl groups excluding tert-OH is 2. The Morgan fingerprint density at radius 1 is 0.485 bits per heavy atom. The standard InChI is InChI=1S/C61H84N12O24P2/c1-32(2)25-44(54(62)82)71-61(89)53(35(6)75)73-57(85)43(22-23-51(80)81)70-58(86)47(28-39-14-20-42(21-15-39)97-99(93,94)95)69-49(78)30-64-55(83)40-16-10-37(11-17-40)9-8-24-63-48(77)29-65-56(84)45(26-33(3)4)68-50(79)31-66-60(88)52(34(5)74)72-59(87)46(67-36(7)76)27-38-12-18-41(19-13-38)96-98(90,91)92/h10-21,32-35,43-47,52-53,74-75H,22-31H2,1-7H3,(H2,62,82)(H,63,77)(H,64,83)(H,65,84)(H,66,88)(H,67,76)(H,68,79)(H,69,78)(H,70,86)(H,71,89)(H,72,87)(H,73,85)(H,80,81)(H2,90,91,92)(H2,93,94,95)/t34-,35-,43+,44+,45+,46+,47+,52+,53+/m1/s1. The summed E-state index contributed by atoms with van der Waals surface area (Å²) in [5.41, 5.74) is 6.49. The molecule has 99 heavy (non-hydrogen) atoms. The molecule has 0 aliphatic rings. The first-order chi connectivity index (χ1) is 46.2. The number of phosphoric ester groups is 2. The number of benzene rings is 3. The van der Waals surface area contributed by atoms with Crippen molar-refractivity contribution in [3.8, 4) is 23.3 Å². The average Bonchev–Trinajstić information content (AvgIpc) is 1.11. The molecular formula is C61H84N12O24P2. The fraction of sp³-hybridized carbons (Fsp3) is 0.459. The van der Waals surface area contributed by atoms with Crippen LogP contribution in [0.25, 0.3) is 0 Å². The number of carboxylic acid groups (broad SMARTS) is 1. The van der Waals surface area contributed by atoms with E-state index in [1.165, 1.54) is 67.6 Å². The number of nitrogens with one attached hydrogen (secondary N) is 11. The van der Waals surface area contributed by atoms with E-state index in [0.717, 1.165) is 26.0 Å². The van der Waals surface area contributed by atoms with E-state index in [4.69, 9.17) is 15.5 Å². The van der Waals surface area contributed by atoms with Crippen LogP contribution < -0.4 is 73.3 Å². The molecular weight excluding hydrogens is 1350 g/mol. The molecule has 0 aliphatic carbocycles. The maximum Gasteiger partial charge on any atom is 0.524 e. The van der Waals surface area contributed by atoms with E-state index in [-0.39, 0.29) is 60.3 Å². The predicted molar refractivity (Wildman–Crippen MR) is 348 cm³/mol. The van der Waals surface area contributed by atoms with Crippen molar-refractivity contribution >= 4 is 92.5 Å². The Labute approximate surface area is 568 Å². The Bertz CT molecular complexity index is 3520. The van der Waals surface area contributed by atoms with Gasteiger partial charge in [0.1, 0.15) is 53.8 Å². The summed E-state index contributed by atoms with van der Waals surface area (Å²) in [6, 6.07) is 5.14. The Hall–Kier alpha value is -9.85. The number of primary amides is 1. The zero-order valence-electron chi connectivity index (χ0n) is 54.9. The van der Waals surface area contributed by atoms with Gasteiger partial charge in [0, 0.05) is 37.3 Å². The second-order valence-corrected chi connectivity index (χ2v) is 25.6. The lowest BCUT2D eigenvalue weighted by molar-refractivity contribution is -0.139. The van der Waals surface area contributed by atoms with Crippen molar-refractivity contribution in [2.75, 3.05) is 26.2 Å². The van der Waals surface area contributed by atoms with Crippen LogP contribution in [0.4, 0.5) is 0 Å². The summed E-state index contributed by atoms with van der Waals surface area (Å²) < 4.78 is 31.7. The van der Waals surface area contributed by atoms with Crippen molar-refractivity contribution in [2.24, 2.45) is 17.6 Å². The number of carbonyl (C=O) groups is 13. The van der Waals surface area contributed by atoms with E-state index in [9.17, 15) is 96.6 Å². The minimum Gasteiger partial charge on any atom is -0.481 e. The molecule has 542 valence electrons. The lowest BCUT2D eigenvalue weighted by Crippen LogP contribution is -2.61. The number of carboxylic acids is 1. The van der Waals surface area contributed by atoms with E-state index in [0.29, 0.717) is 11.1 Å². The van der Waals surface area contributed by atoms with Crippen LogP contribution in [-0.2, 0) is 79.5 Å². The number of carbonyl (C=O) groups excluding carboxylic acids is 12. The van der Waals surface area contributed by atoms with Gasteiger partial charge >= 0.3 is 21.6 Å². The summed E-state index contributed by atoms with van der Waals surface area (Å²) in [6.07, 6.45) is -4.82. The molecule has 0 bridgehead atoms. The second-order valence-electron chi connectivity index (χ2n) is 23.3. The fourth-order valence-corrected chi connectivity index (χ4v) is 9.76. The van der Waals surface area contributed by atoms with E-state index in [2.05, 4.69) is 79.4 Å². The third-order valence-corrected chi connectivity index (χ3v) is 14.6. The van der Waals surface area contributed by atoms with E-state index >= 15 is 0 Å². The van der Waals surface area contributed by atoms with Gasteiger partial charge in [-0.2, -0.15) is 0 Å². The highest BCUT2D eigenvalue weighted by Crippen LogP contribution is 2.38. The largest absolute Gasteiger partial charge is 0.524 e. The average molecular weight is 1430 g/mol. The number of nitrogens with two attached hydrogens (primary N) is 1. The summed E-state index contributed by atoms with van der Waals surface area (Å²) in [7, 11) is -9.84. The molecule has 0 aromatic heterocycles. The monoisotopic (exact) mass is 1430 g/mol. The normalized spacial score (nSPS) is 13.9. The molecule has 36 nitrogen and oxygen atoms in total. The van der Waals surface area contributed by atoms with Crippen molar-refractivity contribution in [2.45, 2.75) is 141 Å². The molecule has 20 N–H and O–H groups in total. The van der Waals surface area contributed by atoms with Crippen molar-refractivity contribution in [1.82, 2.24) is 58.5 Å². The van der Waals surface area contributed by atoms with E-state index < -0.39 is 186 Å². The number of phosphoric acid groups is 2. The Morgan fingerprint density at radius 3 is 1.37 bits per heavy atom. The minimum absolute atomic E-state index is 0.0318. The summed E-state index contributed by atoms with van der Waals surface area (Å²) in [6.45, 7) is 8.18. The third-order valence-electron chi connectivity index (χ3n) is 13.7. The summed E-state index contributed by atoms with van der Waals surface area (Å²) in [5, 5.41) is 56.6. The molecule has 0 heterocycles. The van der Waals surface area contributed by atoms with E-state index in [1.54, 1.807) is 27.7 Å². The minimum atomic E-state index is -4.98. The van der Waals surface area contributed by atoms with Gasteiger partial charge in [-0.05, 0) is 105 Å². The van der Waals surface area contributed by atoms with Crippen LogP contribution in [0.1, 0.15) is 101 Å². The van der Waals surface area contributed by atoms with Crippen LogP contribution in [0, 0.1) is 23.7 Å². The fourth-order valence-electron chi connectivity index (χ4n) is 8.97. The van der Waals surface area contributed by atoms with Gasteiger partial charge in [-0.1, -0.05) is 63.8 Å². The summed E-state index contributed by atoms with van der Waals surface area (Å²) >= 11 is 0. The topological polar surface area (TPSA) is 574 Å². The first kappa shape index (κ1) is 83.4. The Morgan fingerprint density at radius 2 is 0.909 bits per heavy atom. The van der Waals surface area contributed by atoms with Crippen LogP contribution >= 0.6 is 15.6 Å². The molecule has 0 aliphatic heterocycles. The second kappa shape index (κ2) is 40.1. The number of amides is 12. The Balaban J connectivity index is 1.61. The zero-order valence-corrected chi connectivity index (χ0v) is 56.7. The van der Waals surface area contributed by atoms with Gasteiger partial charge in [-0.3, -0.25) is 81.9 Å². The van der Waals surface area contributed by atoms with Gasteiger partial charge in [0.2, 0.25) is 65.0 Å². The highest BCUT2D eigenvalue weighted by Gasteiger charge is 2.35. The van der Waals surface area contributed by atoms with Gasteiger partial charge in [0.05, 0.1) is 38.4 Å². The van der Waals surface area contributed by atoms with Gasteiger partial charge in [-0.25, -0.2) is 9.13 Å². The lowest BCUT2D eigenvalue weighted by atomic mass is 10.0. The quantitative estimate of drug-likeness (QED) is 0.0192. The molecule has 9 atom stereocenters. The van der Waals surface area contributed by atoms with Crippen LogP contribution in [0.15, 0.2) is 72.8 Å². The van der Waals surface area contributed by atoms with E-state index in [1.807, 2.05) is 0 Å². The zero-order chi connectivity index (χ0) is 74.5. The van der Waals surface area contributed by atoms with Crippen LogP contribution in [0.5, 0.6) is 11.5 Å². The number of rotatable bonds is 39. The molecule has 0 saturated carbocycles.